The predicted molar refractivity (Wildman–Crippen MR) is 103 cm³/mol. The van der Waals surface area contributed by atoms with Crippen LogP contribution in [0.25, 0.3) is 0 Å². The Morgan fingerprint density at radius 2 is 1.71 bits per heavy atom. The van der Waals surface area contributed by atoms with E-state index in [0.717, 1.165) is 18.9 Å². The maximum absolute atomic E-state index is 12.5. The third-order valence-corrected chi connectivity index (χ3v) is 4.89. The van der Waals surface area contributed by atoms with Crippen LogP contribution >= 0.6 is 0 Å². The minimum atomic E-state index is -0.656. The van der Waals surface area contributed by atoms with Crippen molar-refractivity contribution < 1.29 is 14.6 Å². The highest BCUT2D eigenvalue weighted by atomic mass is 16.6. The van der Waals surface area contributed by atoms with E-state index in [0.29, 0.717) is 25.2 Å². The number of nitro groups is 2. The number of non-ortho nitro benzene ring substituents is 1. The molecule has 0 atom stereocenters. The van der Waals surface area contributed by atoms with Gasteiger partial charge in [-0.2, -0.15) is 0 Å². The van der Waals surface area contributed by atoms with E-state index in [1.54, 1.807) is 12.1 Å². The van der Waals surface area contributed by atoms with Crippen molar-refractivity contribution >= 4 is 23.0 Å². The summed E-state index contributed by atoms with van der Waals surface area (Å²) in [6.45, 7) is 1.76. The van der Waals surface area contributed by atoms with Gasteiger partial charge in [-0.15, -0.1) is 0 Å². The van der Waals surface area contributed by atoms with Gasteiger partial charge in [0, 0.05) is 31.3 Å². The minimum absolute atomic E-state index is 0.0121. The third-order valence-electron chi connectivity index (χ3n) is 4.89. The topological polar surface area (TPSA) is 119 Å². The molecule has 0 aromatic heterocycles. The Morgan fingerprint density at radius 3 is 2.32 bits per heavy atom. The highest BCUT2D eigenvalue weighted by Gasteiger charge is 2.25. The van der Waals surface area contributed by atoms with Crippen molar-refractivity contribution in [3.8, 4) is 0 Å². The summed E-state index contributed by atoms with van der Waals surface area (Å²) >= 11 is 0. The normalized spacial score (nSPS) is 14.5. The molecule has 9 heteroatoms. The number of amides is 1. The van der Waals surface area contributed by atoms with Crippen LogP contribution in [0.3, 0.4) is 0 Å². The fourth-order valence-corrected chi connectivity index (χ4v) is 3.29. The molecule has 1 heterocycles. The molecule has 0 aliphatic carbocycles. The summed E-state index contributed by atoms with van der Waals surface area (Å²) in [5, 5.41) is 25.0. The zero-order valence-electron chi connectivity index (χ0n) is 15.1. The summed E-state index contributed by atoms with van der Waals surface area (Å²) in [5.41, 5.74) is 0.301. The van der Waals surface area contributed by atoms with Gasteiger partial charge in [-0.1, -0.05) is 18.2 Å². The summed E-state index contributed by atoms with van der Waals surface area (Å²) in [5.74, 6) is 0.271. The van der Waals surface area contributed by atoms with Gasteiger partial charge in [0.05, 0.1) is 15.9 Å². The largest absolute Gasteiger partial charge is 0.379 e. The number of piperidine rings is 1. The third kappa shape index (κ3) is 4.43. The van der Waals surface area contributed by atoms with E-state index < -0.39 is 9.85 Å². The SMILES string of the molecule is O=C(c1ccccc1)N1CCC(CNc2ccc([N+](=O)[O-])cc2[N+](=O)[O-])CC1. The number of carbonyl (C=O) groups excluding carboxylic acids is 1. The molecule has 1 N–H and O–H groups in total. The number of likely N-dealkylation sites (tertiary alicyclic amines) is 1. The van der Waals surface area contributed by atoms with Gasteiger partial charge in [0.1, 0.15) is 5.69 Å². The zero-order chi connectivity index (χ0) is 20.1. The molecule has 0 spiro atoms. The first kappa shape index (κ1) is 19.3. The molecule has 146 valence electrons. The lowest BCUT2D eigenvalue weighted by Gasteiger charge is -2.32. The predicted octanol–water partition coefficient (Wildman–Crippen LogP) is 3.47. The number of nitro benzene ring substituents is 2. The molecule has 0 radical (unpaired) electrons. The molecule has 1 amide bonds. The lowest BCUT2D eigenvalue weighted by Crippen LogP contribution is -2.39. The van der Waals surface area contributed by atoms with E-state index in [1.807, 2.05) is 23.1 Å². The number of benzene rings is 2. The van der Waals surface area contributed by atoms with Crippen LogP contribution in [-0.4, -0.2) is 40.3 Å². The summed E-state index contributed by atoms with van der Waals surface area (Å²) in [7, 11) is 0. The van der Waals surface area contributed by atoms with Gasteiger partial charge in [0.2, 0.25) is 0 Å². The Labute approximate surface area is 161 Å². The van der Waals surface area contributed by atoms with E-state index in [-0.39, 0.29) is 28.9 Å². The first-order chi connectivity index (χ1) is 13.5. The monoisotopic (exact) mass is 384 g/mol. The molecule has 0 unspecified atom stereocenters. The Balaban J connectivity index is 1.56. The van der Waals surface area contributed by atoms with Crippen LogP contribution in [0.2, 0.25) is 0 Å². The minimum Gasteiger partial charge on any atom is -0.379 e. The van der Waals surface area contributed by atoms with Crippen LogP contribution < -0.4 is 5.32 Å². The Hall–Kier alpha value is -3.49. The van der Waals surface area contributed by atoms with Crippen molar-refractivity contribution in [1.29, 1.82) is 0 Å². The van der Waals surface area contributed by atoms with Gasteiger partial charge in [-0.25, -0.2) is 0 Å². The molecule has 2 aromatic rings. The maximum atomic E-state index is 12.5. The second kappa shape index (κ2) is 8.47. The van der Waals surface area contributed by atoms with Crippen molar-refractivity contribution in [2.45, 2.75) is 12.8 Å². The molecular weight excluding hydrogens is 364 g/mol. The van der Waals surface area contributed by atoms with Gasteiger partial charge in [0.25, 0.3) is 17.3 Å². The zero-order valence-corrected chi connectivity index (χ0v) is 15.1. The van der Waals surface area contributed by atoms with E-state index in [2.05, 4.69) is 5.32 Å². The second-order valence-corrected chi connectivity index (χ2v) is 6.70. The van der Waals surface area contributed by atoms with E-state index >= 15 is 0 Å². The van der Waals surface area contributed by atoms with Crippen LogP contribution in [0, 0.1) is 26.1 Å². The fraction of sp³-hybridized carbons (Fsp3) is 0.316. The van der Waals surface area contributed by atoms with Crippen molar-refractivity contribution in [2.24, 2.45) is 5.92 Å². The van der Waals surface area contributed by atoms with Crippen molar-refractivity contribution in [1.82, 2.24) is 4.90 Å². The maximum Gasteiger partial charge on any atom is 0.299 e. The summed E-state index contributed by atoms with van der Waals surface area (Å²) < 4.78 is 0. The average molecular weight is 384 g/mol. The van der Waals surface area contributed by atoms with Crippen LogP contribution in [0.5, 0.6) is 0 Å². The Kier molecular flexibility index (Phi) is 5.83. The lowest BCUT2D eigenvalue weighted by atomic mass is 9.96. The van der Waals surface area contributed by atoms with E-state index in [1.165, 1.54) is 12.1 Å². The van der Waals surface area contributed by atoms with Crippen LogP contribution in [0.1, 0.15) is 23.2 Å². The van der Waals surface area contributed by atoms with Gasteiger partial charge in [-0.05, 0) is 37.0 Å². The van der Waals surface area contributed by atoms with Crippen LogP contribution in [-0.2, 0) is 0 Å². The lowest BCUT2D eigenvalue weighted by molar-refractivity contribution is -0.393. The van der Waals surface area contributed by atoms with Crippen LogP contribution in [0.15, 0.2) is 48.5 Å². The first-order valence-electron chi connectivity index (χ1n) is 8.96. The molecule has 3 rings (SSSR count). The molecule has 28 heavy (non-hydrogen) atoms. The number of hydrogen-bond donors (Lipinski definition) is 1. The first-order valence-corrected chi connectivity index (χ1v) is 8.96. The number of carbonyl (C=O) groups is 1. The summed E-state index contributed by atoms with van der Waals surface area (Å²) in [6, 6.07) is 12.7. The van der Waals surface area contributed by atoms with Gasteiger partial charge < -0.3 is 10.2 Å². The van der Waals surface area contributed by atoms with E-state index in [4.69, 9.17) is 0 Å². The molecule has 1 aliphatic heterocycles. The van der Waals surface area contributed by atoms with Crippen LogP contribution in [0.4, 0.5) is 17.1 Å². The molecule has 9 nitrogen and oxygen atoms in total. The van der Waals surface area contributed by atoms with Crippen molar-refractivity contribution in [3.05, 3.63) is 74.3 Å². The number of nitrogens with one attached hydrogen (secondary N) is 1. The van der Waals surface area contributed by atoms with Gasteiger partial charge in [-0.3, -0.25) is 25.0 Å². The van der Waals surface area contributed by atoms with E-state index in [9.17, 15) is 25.0 Å². The Bertz CT molecular complexity index is 879. The second-order valence-electron chi connectivity index (χ2n) is 6.70. The van der Waals surface area contributed by atoms with Gasteiger partial charge >= 0.3 is 0 Å². The molecular formula is C19H20N4O5. The molecule has 1 fully saturated rings. The standard InChI is InChI=1S/C19H20N4O5/c24-19(15-4-2-1-3-5-15)21-10-8-14(9-11-21)13-20-17-7-6-16(22(25)26)12-18(17)23(27)28/h1-7,12,14,20H,8-11,13H2. The number of hydrogen-bond acceptors (Lipinski definition) is 6. The Morgan fingerprint density at radius 1 is 1.04 bits per heavy atom. The average Bonchev–Trinajstić information content (AvgIpc) is 2.72. The highest BCUT2D eigenvalue weighted by Crippen LogP contribution is 2.30. The summed E-state index contributed by atoms with van der Waals surface area (Å²) in [6.07, 6.45) is 1.57. The van der Waals surface area contributed by atoms with Crippen molar-refractivity contribution in [2.75, 3.05) is 25.0 Å². The highest BCUT2D eigenvalue weighted by molar-refractivity contribution is 5.94. The molecule has 0 bridgehead atoms. The van der Waals surface area contributed by atoms with Crippen molar-refractivity contribution in [3.63, 3.8) is 0 Å². The number of anilines is 1. The quantitative estimate of drug-likeness (QED) is 0.602. The molecule has 1 saturated heterocycles. The van der Waals surface area contributed by atoms with Gasteiger partial charge in [0.15, 0.2) is 0 Å². The molecule has 1 aliphatic rings. The molecule has 0 saturated carbocycles. The number of rotatable bonds is 6. The smallest absolute Gasteiger partial charge is 0.299 e. The molecule has 2 aromatic carbocycles. The fourth-order valence-electron chi connectivity index (χ4n) is 3.29. The summed E-state index contributed by atoms with van der Waals surface area (Å²) in [4.78, 5) is 35.0. The number of nitrogens with zero attached hydrogens (tertiary/aromatic N) is 3.